The molecule has 21 heavy (non-hydrogen) atoms. The number of nitrogens with zero attached hydrogens (tertiary/aromatic N) is 1. The summed E-state index contributed by atoms with van der Waals surface area (Å²) in [6.07, 6.45) is 0. The Kier molecular flexibility index (Phi) is 4.97. The molecule has 0 spiro atoms. The van der Waals surface area contributed by atoms with E-state index in [2.05, 4.69) is 0 Å². The number of rotatable bonds is 6. The van der Waals surface area contributed by atoms with Crippen molar-refractivity contribution in [1.82, 2.24) is 4.72 Å². The molecule has 0 aromatic heterocycles. The van der Waals surface area contributed by atoms with Gasteiger partial charge in [0.15, 0.2) is 4.90 Å². The summed E-state index contributed by atoms with van der Waals surface area (Å²) < 4.78 is 39.4. The summed E-state index contributed by atoms with van der Waals surface area (Å²) >= 11 is 0. The van der Waals surface area contributed by atoms with Crippen LogP contribution >= 0.6 is 0 Å². The van der Waals surface area contributed by atoms with Gasteiger partial charge < -0.3 is 5.11 Å². The average molecular weight is 320 g/mol. The number of halogens is 1. The molecule has 1 aromatic carbocycles. The van der Waals surface area contributed by atoms with Gasteiger partial charge in [-0.2, -0.15) is 9.11 Å². The molecule has 0 aliphatic carbocycles. The number of carboxylic acid groups (broad SMARTS) is 1. The maximum absolute atomic E-state index is 13.4. The average Bonchev–Trinajstić information content (AvgIpc) is 2.34. The molecule has 1 unspecified atom stereocenters. The van der Waals surface area contributed by atoms with E-state index in [0.717, 1.165) is 18.2 Å². The van der Waals surface area contributed by atoms with E-state index in [4.69, 9.17) is 5.11 Å². The molecule has 1 atom stereocenters. The Morgan fingerprint density at radius 2 is 2.00 bits per heavy atom. The van der Waals surface area contributed by atoms with Crippen molar-refractivity contribution in [3.63, 3.8) is 0 Å². The van der Waals surface area contributed by atoms with E-state index in [1.165, 1.54) is 13.8 Å². The largest absolute Gasteiger partial charge is 0.480 e. The zero-order valence-electron chi connectivity index (χ0n) is 11.1. The topological polar surface area (TPSA) is 127 Å². The van der Waals surface area contributed by atoms with Crippen LogP contribution in [-0.4, -0.2) is 30.5 Å². The molecule has 0 fully saturated rings. The molecule has 0 saturated carbocycles. The molecule has 1 rings (SSSR count). The van der Waals surface area contributed by atoms with Crippen LogP contribution in [0.15, 0.2) is 23.1 Å². The summed E-state index contributed by atoms with van der Waals surface area (Å²) in [5.41, 5.74) is -1.22. The summed E-state index contributed by atoms with van der Waals surface area (Å²) in [5, 5.41) is 19.8. The number of para-hydroxylation sites is 1. The van der Waals surface area contributed by atoms with E-state index >= 15 is 0 Å². The van der Waals surface area contributed by atoms with E-state index in [1.54, 1.807) is 0 Å². The molecule has 0 radical (unpaired) electrons. The minimum atomic E-state index is -4.56. The number of hydrogen-bond acceptors (Lipinski definition) is 5. The van der Waals surface area contributed by atoms with Crippen LogP contribution in [0.5, 0.6) is 0 Å². The molecule has 1 aromatic rings. The standard InChI is InChI=1S/C11H13FN2O6S/c1-6(2)9(11(15)16)13-21(19,20)8-5-3-4-7(12)10(8)14(17)18/h3-6,9,13H,1-2H3,(H,15,16). The lowest BCUT2D eigenvalue weighted by atomic mass is 10.1. The fourth-order valence-electron chi connectivity index (χ4n) is 1.59. The van der Waals surface area contributed by atoms with Crippen LogP contribution in [0.25, 0.3) is 0 Å². The number of carbonyl (C=O) groups is 1. The zero-order valence-corrected chi connectivity index (χ0v) is 11.9. The minimum absolute atomic E-state index is 0.607. The fraction of sp³-hybridized carbons (Fsp3) is 0.364. The third kappa shape index (κ3) is 3.73. The van der Waals surface area contributed by atoms with Crippen molar-refractivity contribution in [3.8, 4) is 0 Å². The first-order chi connectivity index (χ1) is 9.58. The number of hydrogen-bond donors (Lipinski definition) is 2. The van der Waals surface area contributed by atoms with E-state index in [1.807, 2.05) is 4.72 Å². The summed E-state index contributed by atoms with van der Waals surface area (Å²) in [6.45, 7) is 2.92. The Morgan fingerprint density at radius 1 is 1.43 bits per heavy atom. The van der Waals surface area contributed by atoms with E-state index in [9.17, 15) is 27.7 Å². The smallest absolute Gasteiger partial charge is 0.324 e. The van der Waals surface area contributed by atoms with E-state index in [-0.39, 0.29) is 0 Å². The number of nitro groups is 1. The quantitative estimate of drug-likeness (QED) is 0.597. The Labute approximate surface area is 119 Å². The molecule has 116 valence electrons. The van der Waals surface area contributed by atoms with Crippen molar-refractivity contribution in [3.05, 3.63) is 34.1 Å². The molecular weight excluding hydrogens is 307 g/mol. The monoisotopic (exact) mass is 320 g/mol. The number of carboxylic acids is 1. The van der Waals surface area contributed by atoms with Gasteiger partial charge in [0.05, 0.1) is 4.92 Å². The highest BCUT2D eigenvalue weighted by atomic mass is 32.2. The van der Waals surface area contributed by atoms with Gasteiger partial charge in [-0.1, -0.05) is 19.9 Å². The molecule has 0 aliphatic rings. The van der Waals surface area contributed by atoms with Crippen LogP contribution in [0.3, 0.4) is 0 Å². The van der Waals surface area contributed by atoms with Crippen molar-refractivity contribution in [1.29, 1.82) is 0 Å². The van der Waals surface area contributed by atoms with Crippen molar-refractivity contribution in [2.75, 3.05) is 0 Å². The predicted molar refractivity (Wildman–Crippen MR) is 69.6 cm³/mol. The van der Waals surface area contributed by atoms with Crippen molar-refractivity contribution in [2.24, 2.45) is 5.92 Å². The first-order valence-corrected chi connectivity index (χ1v) is 7.24. The van der Waals surface area contributed by atoms with Crippen molar-refractivity contribution in [2.45, 2.75) is 24.8 Å². The van der Waals surface area contributed by atoms with Crippen molar-refractivity contribution >= 4 is 21.7 Å². The van der Waals surface area contributed by atoms with Crippen LogP contribution < -0.4 is 4.72 Å². The van der Waals surface area contributed by atoms with E-state index < -0.39 is 49.3 Å². The van der Waals surface area contributed by atoms with E-state index in [0.29, 0.717) is 0 Å². The van der Waals surface area contributed by atoms with Gasteiger partial charge in [-0.3, -0.25) is 14.9 Å². The van der Waals surface area contributed by atoms with Crippen LogP contribution in [0.4, 0.5) is 10.1 Å². The molecule has 0 amide bonds. The minimum Gasteiger partial charge on any atom is -0.480 e. The molecule has 0 saturated heterocycles. The van der Waals surface area contributed by atoms with Crippen molar-refractivity contribution < 1.29 is 27.6 Å². The summed E-state index contributed by atoms with van der Waals surface area (Å²) in [7, 11) is -4.56. The molecule has 2 N–H and O–H groups in total. The lowest BCUT2D eigenvalue weighted by Crippen LogP contribution is -2.44. The first kappa shape index (κ1) is 17.0. The molecular formula is C11H13FN2O6S. The van der Waals surface area contributed by atoms with Gasteiger partial charge in [-0.15, -0.1) is 0 Å². The predicted octanol–water partition coefficient (Wildman–Crippen LogP) is 1.12. The first-order valence-electron chi connectivity index (χ1n) is 5.76. The lowest BCUT2D eigenvalue weighted by Gasteiger charge is -2.17. The number of aliphatic carboxylic acids is 1. The molecule has 0 aliphatic heterocycles. The number of sulfonamides is 1. The third-order valence-corrected chi connectivity index (χ3v) is 4.11. The maximum Gasteiger partial charge on any atom is 0.324 e. The van der Waals surface area contributed by atoms with Crippen LogP contribution in [0.2, 0.25) is 0 Å². The maximum atomic E-state index is 13.4. The number of nitro benzene ring substituents is 1. The Bertz CT molecular complexity index is 673. The highest BCUT2D eigenvalue weighted by Gasteiger charge is 2.34. The molecule has 8 nitrogen and oxygen atoms in total. The van der Waals surface area contributed by atoms with Gasteiger partial charge in [0, 0.05) is 0 Å². The summed E-state index contributed by atoms with van der Waals surface area (Å²) in [4.78, 5) is 19.7. The molecule has 10 heteroatoms. The number of benzene rings is 1. The van der Waals surface area contributed by atoms with Gasteiger partial charge in [0.25, 0.3) is 0 Å². The normalized spacial score (nSPS) is 13.1. The fourth-order valence-corrected chi connectivity index (χ4v) is 3.11. The summed E-state index contributed by atoms with van der Waals surface area (Å²) in [5.74, 6) is -3.36. The second kappa shape index (κ2) is 6.14. The zero-order chi connectivity index (χ0) is 16.4. The SMILES string of the molecule is CC(C)C(NS(=O)(=O)c1cccc(F)c1[N+](=O)[O-])C(=O)O. The van der Waals surface area contributed by atoms with Crippen LogP contribution in [-0.2, 0) is 14.8 Å². The Morgan fingerprint density at radius 3 is 2.43 bits per heavy atom. The van der Waals surface area contributed by atoms with Crippen LogP contribution in [0.1, 0.15) is 13.8 Å². The molecule has 0 heterocycles. The lowest BCUT2D eigenvalue weighted by molar-refractivity contribution is -0.390. The summed E-state index contributed by atoms with van der Waals surface area (Å²) in [6, 6.07) is 1.08. The second-order valence-electron chi connectivity index (χ2n) is 4.52. The van der Waals surface area contributed by atoms with Gasteiger partial charge in [-0.05, 0) is 18.1 Å². The Hall–Kier alpha value is -2.07. The Balaban J connectivity index is 3.36. The second-order valence-corrected chi connectivity index (χ2v) is 6.21. The van der Waals surface area contributed by atoms with Gasteiger partial charge in [0.1, 0.15) is 6.04 Å². The van der Waals surface area contributed by atoms with Crippen LogP contribution in [0, 0.1) is 21.8 Å². The highest BCUT2D eigenvalue weighted by molar-refractivity contribution is 7.89. The van der Waals surface area contributed by atoms with Gasteiger partial charge in [0.2, 0.25) is 15.8 Å². The third-order valence-electron chi connectivity index (χ3n) is 2.64. The van der Waals surface area contributed by atoms with Gasteiger partial charge >= 0.3 is 11.7 Å². The molecule has 0 bridgehead atoms. The van der Waals surface area contributed by atoms with Gasteiger partial charge in [-0.25, -0.2) is 8.42 Å². The number of nitrogens with one attached hydrogen (secondary N) is 1. The highest BCUT2D eigenvalue weighted by Crippen LogP contribution is 2.27.